The summed E-state index contributed by atoms with van der Waals surface area (Å²) in [5.74, 6) is 6.57. The summed E-state index contributed by atoms with van der Waals surface area (Å²) >= 11 is 6.93. The first-order valence-electron chi connectivity index (χ1n) is 6.53. The maximum absolute atomic E-state index is 12.3. The summed E-state index contributed by atoms with van der Waals surface area (Å²) in [5, 5.41) is 1.41. The highest BCUT2D eigenvalue weighted by Crippen LogP contribution is 2.45. The second-order valence-corrected chi connectivity index (χ2v) is 9.09. The molecule has 1 aliphatic heterocycles. The van der Waals surface area contributed by atoms with E-state index in [1.54, 1.807) is 6.07 Å². The molecule has 1 aromatic rings. The van der Waals surface area contributed by atoms with Gasteiger partial charge < -0.3 is 0 Å². The van der Waals surface area contributed by atoms with Crippen LogP contribution in [-0.4, -0.2) is 14.3 Å². The molecule has 2 heterocycles. The lowest BCUT2D eigenvalue weighted by molar-refractivity contribution is 0.308. The third kappa shape index (κ3) is 2.16. The Labute approximate surface area is 127 Å². The number of hydrogen-bond acceptors (Lipinski definition) is 5. The second kappa shape index (κ2) is 4.69. The zero-order chi connectivity index (χ0) is 14.5. The first-order chi connectivity index (χ1) is 9.33. The van der Waals surface area contributed by atoms with E-state index in [9.17, 15) is 8.42 Å². The zero-order valence-corrected chi connectivity index (χ0v) is 13.5. The Morgan fingerprint density at radius 3 is 2.70 bits per heavy atom. The fourth-order valence-electron chi connectivity index (χ4n) is 2.96. The number of halogens is 1. The highest BCUT2D eigenvalue weighted by molar-refractivity contribution is 7.92. The van der Waals surface area contributed by atoms with Crippen LogP contribution in [0.15, 0.2) is 14.7 Å². The van der Waals surface area contributed by atoms with Crippen molar-refractivity contribution in [2.24, 2.45) is 15.7 Å². The lowest BCUT2D eigenvalue weighted by atomic mass is 9.74. The smallest absolute Gasteiger partial charge is 0.262 e. The van der Waals surface area contributed by atoms with Gasteiger partial charge in [-0.25, -0.2) is 5.84 Å². The van der Waals surface area contributed by atoms with Crippen molar-refractivity contribution in [3.63, 3.8) is 0 Å². The maximum Gasteiger partial charge on any atom is 0.295 e. The van der Waals surface area contributed by atoms with E-state index in [2.05, 4.69) is 4.40 Å². The molecule has 110 valence electrons. The molecule has 0 saturated heterocycles. The van der Waals surface area contributed by atoms with Gasteiger partial charge in [0.25, 0.3) is 10.0 Å². The number of amidine groups is 1. The summed E-state index contributed by atoms with van der Waals surface area (Å²) in [7, 11) is -3.69. The highest BCUT2D eigenvalue weighted by Gasteiger charge is 2.42. The number of hydrazine groups is 1. The number of rotatable bonds is 1. The predicted octanol–water partition coefficient (Wildman–Crippen LogP) is 3.15. The van der Waals surface area contributed by atoms with Crippen LogP contribution in [0, 0.1) is 5.41 Å². The number of fused-ring (bicyclic) bond motifs is 1. The fraction of sp³-hybridized carbons (Fsp3) is 0.583. The molecule has 3 rings (SSSR count). The summed E-state index contributed by atoms with van der Waals surface area (Å²) in [6, 6.07) is 1.60. The first kappa shape index (κ1) is 14.3. The van der Waals surface area contributed by atoms with Crippen LogP contribution in [0.1, 0.15) is 39.0 Å². The van der Waals surface area contributed by atoms with Gasteiger partial charge in [0.15, 0.2) is 4.21 Å². The molecule has 20 heavy (non-hydrogen) atoms. The molecule has 1 saturated carbocycles. The summed E-state index contributed by atoms with van der Waals surface area (Å²) in [6.45, 7) is 2.04. The van der Waals surface area contributed by atoms with E-state index in [1.165, 1.54) is 11.4 Å². The predicted molar refractivity (Wildman–Crippen MR) is 81.8 cm³/mol. The van der Waals surface area contributed by atoms with Gasteiger partial charge >= 0.3 is 0 Å². The molecule has 2 aliphatic rings. The van der Waals surface area contributed by atoms with Gasteiger partial charge in [-0.15, -0.1) is 15.7 Å². The van der Waals surface area contributed by atoms with E-state index in [0.717, 1.165) is 37.0 Å². The molecular weight excluding hydrogens is 318 g/mol. The van der Waals surface area contributed by atoms with E-state index in [0.29, 0.717) is 15.9 Å². The van der Waals surface area contributed by atoms with Gasteiger partial charge in [-0.2, -0.15) is 8.42 Å². The molecule has 0 radical (unpaired) electrons. The Morgan fingerprint density at radius 2 is 2.05 bits per heavy atom. The molecule has 1 aliphatic carbocycles. The fourth-order valence-corrected chi connectivity index (χ4v) is 5.88. The Balaban J connectivity index is 2.11. The number of nitrogens with zero attached hydrogens (tertiary/aromatic N) is 2. The van der Waals surface area contributed by atoms with Crippen LogP contribution in [-0.2, 0) is 10.0 Å². The van der Waals surface area contributed by atoms with Gasteiger partial charge in [0.2, 0.25) is 0 Å². The van der Waals surface area contributed by atoms with E-state index in [-0.39, 0.29) is 9.62 Å². The summed E-state index contributed by atoms with van der Waals surface area (Å²) in [4.78, 5) is 0. The minimum Gasteiger partial charge on any atom is -0.262 e. The average molecular weight is 334 g/mol. The van der Waals surface area contributed by atoms with Crippen molar-refractivity contribution in [1.82, 2.24) is 0 Å². The van der Waals surface area contributed by atoms with Crippen molar-refractivity contribution in [1.29, 1.82) is 0 Å². The molecular formula is C12H16ClN3O2S2. The lowest BCUT2D eigenvalue weighted by Crippen LogP contribution is -2.50. The molecule has 1 aromatic heterocycles. The topological polar surface area (TPSA) is 75.8 Å². The largest absolute Gasteiger partial charge is 0.295 e. The quantitative estimate of drug-likeness (QED) is 0.801. The Bertz CT molecular complexity index is 675. The molecule has 0 unspecified atom stereocenters. The summed E-state index contributed by atoms with van der Waals surface area (Å²) in [6.07, 6.45) is 5.13. The summed E-state index contributed by atoms with van der Waals surface area (Å²) in [5.41, 5.74) is 0.156. The minimum absolute atomic E-state index is 0.133. The SMILES string of the molecule is CC1(C2=NS(=O)(=O)c3sc(Cl)cc3N2N)CCCCC1. The van der Waals surface area contributed by atoms with Crippen molar-refractivity contribution in [2.45, 2.75) is 43.2 Å². The zero-order valence-electron chi connectivity index (χ0n) is 11.1. The van der Waals surface area contributed by atoms with Gasteiger partial charge in [0, 0.05) is 5.41 Å². The van der Waals surface area contributed by atoms with Gasteiger partial charge in [-0.05, 0) is 18.9 Å². The molecule has 0 atom stereocenters. The molecule has 0 spiro atoms. The van der Waals surface area contributed by atoms with Gasteiger partial charge in [-0.3, -0.25) is 5.01 Å². The number of sulfonamides is 1. The van der Waals surface area contributed by atoms with Crippen molar-refractivity contribution in [2.75, 3.05) is 5.01 Å². The van der Waals surface area contributed by atoms with E-state index in [4.69, 9.17) is 17.4 Å². The monoisotopic (exact) mass is 333 g/mol. The Kier molecular flexibility index (Phi) is 3.36. The van der Waals surface area contributed by atoms with Crippen LogP contribution in [0.3, 0.4) is 0 Å². The summed E-state index contributed by atoms with van der Waals surface area (Å²) < 4.78 is 29.1. The second-order valence-electron chi connectivity index (χ2n) is 5.60. The lowest BCUT2D eigenvalue weighted by Gasteiger charge is -2.39. The Morgan fingerprint density at radius 1 is 1.40 bits per heavy atom. The Hall–Kier alpha value is -0.630. The van der Waals surface area contributed by atoms with Gasteiger partial charge in [0.1, 0.15) is 5.84 Å². The number of anilines is 1. The van der Waals surface area contributed by atoms with Gasteiger partial charge in [0.05, 0.1) is 10.0 Å². The number of hydrogen-bond donors (Lipinski definition) is 1. The van der Waals surface area contributed by atoms with Crippen LogP contribution >= 0.6 is 22.9 Å². The highest BCUT2D eigenvalue weighted by atomic mass is 35.5. The third-order valence-corrected chi connectivity index (χ3v) is 7.10. The van der Waals surface area contributed by atoms with Crippen LogP contribution in [0.25, 0.3) is 0 Å². The average Bonchev–Trinajstić information content (AvgIpc) is 2.78. The van der Waals surface area contributed by atoms with Crippen molar-refractivity contribution in [3.8, 4) is 0 Å². The van der Waals surface area contributed by atoms with Crippen LogP contribution < -0.4 is 10.9 Å². The maximum atomic E-state index is 12.3. The van der Waals surface area contributed by atoms with Crippen LogP contribution in [0.2, 0.25) is 4.34 Å². The molecule has 0 bridgehead atoms. The number of nitrogens with two attached hydrogens (primary N) is 1. The molecule has 0 aromatic carbocycles. The van der Waals surface area contributed by atoms with Crippen LogP contribution in [0.4, 0.5) is 5.69 Å². The molecule has 1 fully saturated rings. The minimum atomic E-state index is -3.69. The molecule has 5 nitrogen and oxygen atoms in total. The van der Waals surface area contributed by atoms with E-state index < -0.39 is 10.0 Å². The normalized spacial score (nSPS) is 24.1. The molecule has 0 amide bonds. The van der Waals surface area contributed by atoms with E-state index in [1.807, 2.05) is 6.92 Å². The van der Waals surface area contributed by atoms with Gasteiger partial charge in [-0.1, -0.05) is 37.8 Å². The van der Waals surface area contributed by atoms with Crippen molar-refractivity contribution in [3.05, 3.63) is 10.4 Å². The standard InChI is InChI=1S/C12H16ClN3O2S2/c1-12(5-3-2-4-6-12)11-15-20(17,18)10-8(16(11)14)7-9(13)19-10/h7H,2-6,14H2,1H3. The number of thiophene rings is 1. The van der Waals surface area contributed by atoms with E-state index >= 15 is 0 Å². The first-order valence-corrected chi connectivity index (χ1v) is 9.17. The van der Waals surface area contributed by atoms with Crippen molar-refractivity contribution >= 4 is 44.5 Å². The molecule has 8 heteroatoms. The molecule has 2 N–H and O–H groups in total. The van der Waals surface area contributed by atoms with Crippen molar-refractivity contribution < 1.29 is 8.42 Å². The van der Waals surface area contributed by atoms with Crippen LogP contribution in [0.5, 0.6) is 0 Å². The third-order valence-electron chi connectivity index (χ3n) is 4.08.